The number of nitrogens with one attached hydrogen (secondary N) is 1. The van der Waals surface area contributed by atoms with Crippen molar-refractivity contribution in [3.05, 3.63) is 32.6 Å². The van der Waals surface area contributed by atoms with Crippen molar-refractivity contribution in [1.29, 1.82) is 0 Å². The second-order valence-electron chi connectivity index (χ2n) is 5.89. The third-order valence-corrected chi connectivity index (χ3v) is 4.28. The highest BCUT2D eigenvalue weighted by molar-refractivity contribution is 5.02. The average molecular weight is 280 g/mol. The van der Waals surface area contributed by atoms with Crippen molar-refractivity contribution >= 4 is 0 Å². The minimum Gasteiger partial charge on any atom is -0.308 e. The molecule has 0 radical (unpaired) electrons. The summed E-state index contributed by atoms with van der Waals surface area (Å²) in [6, 6.07) is 1.97. The van der Waals surface area contributed by atoms with Crippen molar-refractivity contribution in [3.8, 4) is 0 Å². The Morgan fingerprint density at radius 3 is 2.60 bits per heavy atom. The fourth-order valence-corrected chi connectivity index (χ4v) is 2.84. The predicted octanol–water partition coefficient (Wildman–Crippen LogP) is -0.486. The summed E-state index contributed by atoms with van der Waals surface area (Å²) in [4.78, 5) is 25.9. The van der Waals surface area contributed by atoms with Crippen LogP contribution in [0, 0.1) is 5.92 Å². The highest BCUT2D eigenvalue weighted by Gasteiger charge is 2.23. The van der Waals surface area contributed by atoms with Gasteiger partial charge in [-0.2, -0.15) is 0 Å². The Bertz CT molecular complexity index is 590. The third-order valence-electron chi connectivity index (χ3n) is 4.28. The maximum Gasteiger partial charge on any atom is 0.330 e. The van der Waals surface area contributed by atoms with Gasteiger partial charge in [0.05, 0.1) is 0 Å². The molecule has 0 aromatic carbocycles. The molecule has 2 rings (SSSR count). The second kappa shape index (κ2) is 5.93. The number of hydrogen-bond acceptors (Lipinski definition) is 4. The summed E-state index contributed by atoms with van der Waals surface area (Å²) in [5, 5.41) is 3.49. The summed E-state index contributed by atoms with van der Waals surface area (Å²) in [7, 11) is 5.34. The summed E-state index contributed by atoms with van der Waals surface area (Å²) >= 11 is 0. The molecule has 1 aliphatic heterocycles. The number of nitrogens with zero attached hydrogens (tertiary/aromatic N) is 3. The van der Waals surface area contributed by atoms with Gasteiger partial charge in [0.25, 0.3) is 5.56 Å². The molecular formula is C14H24N4O2. The first-order valence-electron chi connectivity index (χ1n) is 7.08. The van der Waals surface area contributed by atoms with E-state index in [4.69, 9.17) is 0 Å². The van der Waals surface area contributed by atoms with Gasteiger partial charge in [-0.3, -0.25) is 13.9 Å². The number of hydrogen-bond donors (Lipinski definition) is 1. The van der Waals surface area contributed by atoms with Crippen LogP contribution in [0.1, 0.15) is 19.0 Å². The third kappa shape index (κ3) is 3.02. The Hall–Kier alpha value is -1.40. The largest absolute Gasteiger partial charge is 0.330 e. The molecule has 6 nitrogen and oxygen atoms in total. The van der Waals surface area contributed by atoms with E-state index in [1.165, 1.54) is 17.7 Å². The van der Waals surface area contributed by atoms with E-state index in [0.717, 1.165) is 29.8 Å². The molecule has 1 aliphatic rings. The molecular weight excluding hydrogens is 256 g/mol. The molecule has 0 spiro atoms. The van der Waals surface area contributed by atoms with Gasteiger partial charge in [-0.25, -0.2) is 4.79 Å². The fraction of sp³-hybridized carbons (Fsp3) is 0.714. The van der Waals surface area contributed by atoms with Gasteiger partial charge in [0.2, 0.25) is 0 Å². The van der Waals surface area contributed by atoms with Crippen LogP contribution in [0.4, 0.5) is 0 Å². The van der Waals surface area contributed by atoms with E-state index in [2.05, 4.69) is 24.2 Å². The number of likely N-dealkylation sites (tertiary alicyclic amines) is 1. The molecule has 2 atom stereocenters. The average Bonchev–Trinajstić information content (AvgIpc) is 2.40. The van der Waals surface area contributed by atoms with E-state index in [-0.39, 0.29) is 11.2 Å². The van der Waals surface area contributed by atoms with Gasteiger partial charge < -0.3 is 10.2 Å². The zero-order valence-corrected chi connectivity index (χ0v) is 12.7. The van der Waals surface area contributed by atoms with Crippen molar-refractivity contribution in [1.82, 2.24) is 19.4 Å². The van der Waals surface area contributed by atoms with Crippen LogP contribution < -0.4 is 16.6 Å². The lowest BCUT2D eigenvalue weighted by Gasteiger charge is -2.35. The van der Waals surface area contributed by atoms with Crippen molar-refractivity contribution in [2.45, 2.75) is 25.9 Å². The highest BCUT2D eigenvalue weighted by Crippen LogP contribution is 2.15. The van der Waals surface area contributed by atoms with Gasteiger partial charge in [0.1, 0.15) is 0 Å². The molecule has 1 saturated heterocycles. The SMILES string of the molecule is CC1CN(C)CCC1NCc1cc(=O)n(C)c(=O)n1C. The van der Waals surface area contributed by atoms with E-state index in [9.17, 15) is 9.59 Å². The minimum atomic E-state index is -0.272. The van der Waals surface area contributed by atoms with Crippen molar-refractivity contribution in [2.24, 2.45) is 20.0 Å². The van der Waals surface area contributed by atoms with E-state index in [1.54, 1.807) is 7.05 Å². The highest BCUT2D eigenvalue weighted by atomic mass is 16.2. The molecule has 0 bridgehead atoms. The first kappa shape index (κ1) is 15.0. The van der Waals surface area contributed by atoms with Crippen LogP contribution in [0.5, 0.6) is 0 Å². The zero-order chi connectivity index (χ0) is 14.9. The number of piperidine rings is 1. The molecule has 1 fully saturated rings. The Morgan fingerprint density at radius 1 is 1.25 bits per heavy atom. The summed E-state index contributed by atoms with van der Waals surface area (Å²) in [6.45, 7) is 4.95. The molecule has 0 saturated carbocycles. The summed E-state index contributed by atoms with van der Waals surface area (Å²) in [5.41, 5.74) is 0.219. The van der Waals surface area contributed by atoms with E-state index >= 15 is 0 Å². The van der Waals surface area contributed by atoms with E-state index in [0.29, 0.717) is 18.5 Å². The van der Waals surface area contributed by atoms with Gasteiger partial charge in [0, 0.05) is 45.0 Å². The molecule has 6 heteroatoms. The van der Waals surface area contributed by atoms with Crippen molar-refractivity contribution < 1.29 is 0 Å². The zero-order valence-electron chi connectivity index (χ0n) is 12.7. The Morgan fingerprint density at radius 2 is 1.95 bits per heavy atom. The van der Waals surface area contributed by atoms with Crippen molar-refractivity contribution in [3.63, 3.8) is 0 Å². The van der Waals surface area contributed by atoms with Gasteiger partial charge in [0.15, 0.2) is 0 Å². The number of aromatic nitrogens is 2. The van der Waals surface area contributed by atoms with E-state index < -0.39 is 0 Å². The van der Waals surface area contributed by atoms with Gasteiger partial charge >= 0.3 is 5.69 Å². The fourth-order valence-electron chi connectivity index (χ4n) is 2.84. The Balaban J connectivity index is 2.08. The molecule has 1 aromatic heterocycles. The van der Waals surface area contributed by atoms with Crippen LogP contribution in [-0.2, 0) is 20.6 Å². The van der Waals surface area contributed by atoms with Crippen LogP contribution in [0.25, 0.3) is 0 Å². The lowest BCUT2D eigenvalue weighted by molar-refractivity contribution is 0.173. The van der Waals surface area contributed by atoms with E-state index in [1.807, 2.05) is 0 Å². The summed E-state index contributed by atoms with van der Waals surface area (Å²) < 4.78 is 2.66. The first-order chi connectivity index (χ1) is 9.40. The van der Waals surface area contributed by atoms with Gasteiger partial charge in [-0.15, -0.1) is 0 Å². The molecule has 2 heterocycles. The van der Waals surface area contributed by atoms with Crippen LogP contribution in [0.15, 0.2) is 15.7 Å². The molecule has 0 amide bonds. The van der Waals surface area contributed by atoms with Gasteiger partial charge in [-0.1, -0.05) is 6.92 Å². The first-order valence-corrected chi connectivity index (χ1v) is 7.08. The lowest BCUT2D eigenvalue weighted by Crippen LogP contribution is -2.47. The lowest BCUT2D eigenvalue weighted by atomic mass is 9.94. The molecule has 1 N–H and O–H groups in total. The van der Waals surface area contributed by atoms with Gasteiger partial charge in [-0.05, 0) is 25.9 Å². The smallest absolute Gasteiger partial charge is 0.308 e. The van der Waals surface area contributed by atoms with Crippen LogP contribution >= 0.6 is 0 Å². The second-order valence-corrected chi connectivity index (χ2v) is 5.89. The predicted molar refractivity (Wildman–Crippen MR) is 78.8 cm³/mol. The Kier molecular flexibility index (Phi) is 4.45. The quantitative estimate of drug-likeness (QED) is 0.812. The maximum absolute atomic E-state index is 11.9. The Labute approximate surface area is 119 Å². The summed E-state index contributed by atoms with van der Waals surface area (Å²) in [5.74, 6) is 0.567. The standard InChI is InChI=1S/C14H24N4O2/c1-10-9-16(2)6-5-12(10)15-8-11-7-13(19)18(4)14(20)17(11)3/h7,10,12,15H,5-6,8-9H2,1-4H3. The molecule has 0 aliphatic carbocycles. The van der Waals surface area contributed by atoms with Crippen molar-refractivity contribution in [2.75, 3.05) is 20.1 Å². The van der Waals surface area contributed by atoms with Crippen LogP contribution in [0.3, 0.4) is 0 Å². The maximum atomic E-state index is 11.9. The molecule has 2 unspecified atom stereocenters. The summed E-state index contributed by atoms with van der Waals surface area (Å²) in [6.07, 6.45) is 1.09. The van der Waals surface area contributed by atoms with Crippen LogP contribution in [-0.4, -0.2) is 40.2 Å². The monoisotopic (exact) mass is 280 g/mol. The van der Waals surface area contributed by atoms with Crippen LogP contribution in [0.2, 0.25) is 0 Å². The topological polar surface area (TPSA) is 59.3 Å². The minimum absolute atomic E-state index is 0.249. The molecule has 20 heavy (non-hydrogen) atoms. The molecule has 1 aromatic rings. The normalized spacial score (nSPS) is 24.0. The molecule has 112 valence electrons. The number of rotatable bonds is 3.